The molecule has 2 aliphatic heterocycles. The molecular formula is C9H9N3O2. The van der Waals surface area contributed by atoms with Gasteiger partial charge in [0, 0.05) is 5.71 Å². The summed E-state index contributed by atoms with van der Waals surface area (Å²) in [6.45, 7) is 0. The van der Waals surface area contributed by atoms with Gasteiger partial charge >= 0.3 is 0 Å². The van der Waals surface area contributed by atoms with Crippen LogP contribution < -0.4 is 5.32 Å². The van der Waals surface area contributed by atoms with Gasteiger partial charge in [-0.2, -0.15) is 0 Å². The van der Waals surface area contributed by atoms with E-state index < -0.39 is 5.92 Å². The zero-order valence-electron chi connectivity index (χ0n) is 7.33. The number of nitrogens with one attached hydrogen (secondary N) is 1. The standard InChI is InChI=1S/C9H9N3O2/c13-3-6(4-14)8-7-1-2-10-9(7)12-5-11-8/h1-7,9-10H. The topological polar surface area (TPSA) is 70.9 Å². The highest BCUT2D eigenvalue weighted by Gasteiger charge is 2.32. The Morgan fingerprint density at radius 2 is 2.21 bits per heavy atom. The maximum atomic E-state index is 10.6. The minimum absolute atomic E-state index is 0.0691. The number of rotatable bonds is 3. The fraction of sp³-hybridized carbons (Fsp3) is 0.333. The van der Waals surface area contributed by atoms with E-state index in [0.717, 1.165) is 0 Å². The second-order valence-electron chi connectivity index (χ2n) is 3.11. The lowest BCUT2D eigenvalue weighted by Gasteiger charge is -2.21. The van der Waals surface area contributed by atoms with E-state index in [9.17, 15) is 9.59 Å². The maximum Gasteiger partial charge on any atom is 0.135 e. The Bertz CT molecular complexity index is 338. The zero-order chi connectivity index (χ0) is 9.97. The Hall–Kier alpha value is -1.78. The van der Waals surface area contributed by atoms with Crippen LogP contribution in [0, 0.1) is 11.8 Å². The predicted molar refractivity (Wildman–Crippen MR) is 51.1 cm³/mol. The highest BCUT2D eigenvalue weighted by Crippen LogP contribution is 2.21. The molecule has 2 heterocycles. The van der Waals surface area contributed by atoms with Crippen molar-refractivity contribution in [3.05, 3.63) is 12.3 Å². The Labute approximate surface area is 80.6 Å². The van der Waals surface area contributed by atoms with Crippen LogP contribution in [0.25, 0.3) is 0 Å². The van der Waals surface area contributed by atoms with Crippen molar-refractivity contribution in [2.75, 3.05) is 0 Å². The van der Waals surface area contributed by atoms with Crippen LogP contribution in [0.15, 0.2) is 22.3 Å². The van der Waals surface area contributed by atoms with Gasteiger partial charge < -0.3 is 14.9 Å². The molecule has 0 amide bonds. The molecule has 0 aliphatic carbocycles. The maximum absolute atomic E-state index is 10.6. The summed E-state index contributed by atoms with van der Waals surface area (Å²) in [5.41, 5.74) is 0.566. The molecule has 0 aromatic carbocycles. The third-order valence-corrected chi connectivity index (χ3v) is 2.32. The summed E-state index contributed by atoms with van der Waals surface area (Å²) >= 11 is 0. The number of carbonyl (C=O) groups is 2. The number of hydrogen-bond donors (Lipinski definition) is 1. The van der Waals surface area contributed by atoms with Crippen molar-refractivity contribution in [2.45, 2.75) is 6.17 Å². The van der Waals surface area contributed by atoms with E-state index in [1.807, 2.05) is 6.08 Å². The quantitative estimate of drug-likeness (QED) is 0.485. The molecule has 1 N–H and O–H groups in total. The molecule has 0 bridgehead atoms. The van der Waals surface area contributed by atoms with Crippen LogP contribution in [-0.4, -0.2) is 30.8 Å². The largest absolute Gasteiger partial charge is 0.369 e. The minimum Gasteiger partial charge on any atom is -0.369 e. The van der Waals surface area contributed by atoms with Gasteiger partial charge in [-0.25, -0.2) is 9.98 Å². The summed E-state index contributed by atoms with van der Waals surface area (Å²) < 4.78 is 0. The average molecular weight is 191 g/mol. The molecule has 14 heavy (non-hydrogen) atoms. The fourth-order valence-corrected chi connectivity index (χ4v) is 1.60. The molecule has 0 aromatic rings. The lowest BCUT2D eigenvalue weighted by molar-refractivity contribution is -0.116. The van der Waals surface area contributed by atoms with Crippen molar-refractivity contribution >= 4 is 24.6 Å². The predicted octanol–water partition coefficient (Wildman–Crippen LogP) is -0.458. The minimum atomic E-state index is -0.751. The first-order valence-electron chi connectivity index (χ1n) is 4.29. The van der Waals surface area contributed by atoms with Gasteiger partial charge in [0.05, 0.1) is 5.92 Å². The second kappa shape index (κ2) is 3.53. The lowest BCUT2D eigenvalue weighted by atomic mass is 9.92. The van der Waals surface area contributed by atoms with E-state index in [4.69, 9.17) is 0 Å². The number of aldehydes is 2. The summed E-state index contributed by atoms with van der Waals surface area (Å²) in [7, 11) is 0. The smallest absolute Gasteiger partial charge is 0.135 e. The number of nitrogens with zero attached hydrogens (tertiary/aromatic N) is 2. The van der Waals surface area contributed by atoms with Crippen LogP contribution in [0.2, 0.25) is 0 Å². The number of aliphatic imine (C=N–C) groups is 2. The average Bonchev–Trinajstić information content (AvgIpc) is 2.68. The molecule has 5 heteroatoms. The molecule has 2 atom stereocenters. The Kier molecular flexibility index (Phi) is 2.22. The Balaban J connectivity index is 2.28. The molecule has 5 nitrogen and oxygen atoms in total. The second-order valence-corrected chi connectivity index (χ2v) is 3.11. The number of carbonyl (C=O) groups excluding carboxylic acids is 2. The molecule has 0 saturated heterocycles. The Morgan fingerprint density at radius 1 is 1.43 bits per heavy atom. The van der Waals surface area contributed by atoms with Gasteiger partial charge in [-0.1, -0.05) is 6.08 Å². The Morgan fingerprint density at radius 3 is 2.93 bits per heavy atom. The molecule has 2 aliphatic rings. The molecule has 0 saturated carbocycles. The summed E-state index contributed by atoms with van der Waals surface area (Å²) in [4.78, 5) is 29.3. The third kappa shape index (κ3) is 1.26. The van der Waals surface area contributed by atoms with Gasteiger partial charge in [-0.3, -0.25) is 0 Å². The van der Waals surface area contributed by atoms with Crippen molar-refractivity contribution in [1.29, 1.82) is 0 Å². The lowest BCUT2D eigenvalue weighted by Crippen LogP contribution is -2.37. The van der Waals surface area contributed by atoms with Crippen LogP contribution in [0.1, 0.15) is 0 Å². The van der Waals surface area contributed by atoms with Gasteiger partial charge in [0.1, 0.15) is 31.0 Å². The first-order chi connectivity index (χ1) is 6.86. The SMILES string of the molecule is O=CC(C=O)C1=NC=NC2NC=CC12. The van der Waals surface area contributed by atoms with Crippen molar-refractivity contribution in [1.82, 2.24) is 5.32 Å². The van der Waals surface area contributed by atoms with Crippen molar-refractivity contribution in [3.63, 3.8) is 0 Å². The zero-order valence-corrected chi connectivity index (χ0v) is 7.33. The van der Waals surface area contributed by atoms with Crippen molar-refractivity contribution < 1.29 is 9.59 Å². The number of hydrogen-bond acceptors (Lipinski definition) is 5. The van der Waals surface area contributed by atoms with E-state index in [-0.39, 0.29) is 12.1 Å². The first kappa shape index (κ1) is 8.80. The van der Waals surface area contributed by atoms with Gasteiger partial charge in [0.25, 0.3) is 0 Å². The van der Waals surface area contributed by atoms with E-state index in [0.29, 0.717) is 18.3 Å². The van der Waals surface area contributed by atoms with Crippen molar-refractivity contribution in [3.8, 4) is 0 Å². The molecular weight excluding hydrogens is 182 g/mol. The summed E-state index contributed by atoms with van der Waals surface area (Å²) in [6, 6.07) is 0. The van der Waals surface area contributed by atoms with E-state index in [1.54, 1.807) is 6.20 Å². The summed E-state index contributed by atoms with van der Waals surface area (Å²) in [5.74, 6) is -0.820. The molecule has 0 aromatic heterocycles. The highest BCUT2D eigenvalue weighted by molar-refractivity contribution is 6.13. The number of fused-ring (bicyclic) bond motifs is 1. The van der Waals surface area contributed by atoms with Crippen LogP contribution in [0.3, 0.4) is 0 Å². The van der Waals surface area contributed by atoms with Crippen LogP contribution in [0.4, 0.5) is 0 Å². The van der Waals surface area contributed by atoms with Gasteiger partial charge in [-0.15, -0.1) is 0 Å². The van der Waals surface area contributed by atoms with Gasteiger partial charge in [0.15, 0.2) is 0 Å². The normalized spacial score (nSPS) is 28.2. The van der Waals surface area contributed by atoms with E-state index in [1.165, 1.54) is 6.34 Å². The van der Waals surface area contributed by atoms with Crippen LogP contribution >= 0.6 is 0 Å². The van der Waals surface area contributed by atoms with E-state index in [2.05, 4.69) is 15.3 Å². The molecule has 72 valence electrons. The van der Waals surface area contributed by atoms with Gasteiger partial charge in [0.2, 0.25) is 0 Å². The third-order valence-electron chi connectivity index (χ3n) is 2.32. The van der Waals surface area contributed by atoms with Crippen LogP contribution in [0.5, 0.6) is 0 Å². The first-order valence-corrected chi connectivity index (χ1v) is 4.29. The molecule has 2 rings (SSSR count). The molecule has 0 fully saturated rings. The molecule has 0 spiro atoms. The molecule has 0 radical (unpaired) electrons. The van der Waals surface area contributed by atoms with Crippen molar-refractivity contribution in [2.24, 2.45) is 21.8 Å². The van der Waals surface area contributed by atoms with Gasteiger partial charge in [-0.05, 0) is 6.20 Å². The van der Waals surface area contributed by atoms with E-state index >= 15 is 0 Å². The fourth-order valence-electron chi connectivity index (χ4n) is 1.60. The summed E-state index contributed by atoms with van der Waals surface area (Å²) in [6.07, 6.45) is 6.11. The van der Waals surface area contributed by atoms with Crippen LogP contribution in [-0.2, 0) is 9.59 Å². The summed E-state index contributed by atoms with van der Waals surface area (Å²) in [5, 5.41) is 3.00. The monoisotopic (exact) mass is 191 g/mol. The molecule has 2 unspecified atom stereocenters. The highest BCUT2D eigenvalue weighted by atomic mass is 16.1.